The number of benzene rings is 1. The molecule has 0 saturated carbocycles. The number of rotatable bonds is 6. The van der Waals surface area contributed by atoms with E-state index in [4.69, 9.17) is 19.6 Å². The Balaban J connectivity index is 1.53. The second kappa shape index (κ2) is 7.55. The highest BCUT2D eigenvalue weighted by molar-refractivity contribution is 7.37. The van der Waals surface area contributed by atoms with Gasteiger partial charge in [-0.05, 0) is 61.5 Å². The summed E-state index contributed by atoms with van der Waals surface area (Å²) in [7, 11) is 0. The predicted octanol–water partition coefficient (Wildman–Crippen LogP) is 5.30. The Kier molecular flexibility index (Phi) is 4.89. The monoisotopic (exact) mass is 425 g/mol. The number of aromatic nitrogens is 3. The summed E-state index contributed by atoms with van der Waals surface area (Å²) in [6.45, 7) is 7.39. The van der Waals surface area contributed by atoms with E-state index < -0.39 is 0 Å². The molecule has 1 aliphatic rings. The van der Waals surface area contributed by atoms with Crippen LogP contribution < -0.4 is 4.74 Å². The molecule has 29 heavy (non-hydrogen) atoms. The van der Waals surface area contributed by atoms with Crippen molar-refractivity contribution in [2.24, 2.45) is 0 Å². The molecule has 1 aromatic carbocycles. The second-order valence-electron chi connectivity index (χ2n) is 7.60. The molecule has 0 amide bonds. The van der Waals surface area contributed by atoms with E-state index in [0.29, 0.717) is 6.61 Å². The Morgan fingerprint density at radius 1 is 1.28 bits per heavy atom. The number of hydrogen-bond acceptors (Lipinski definition) is 6. The maximum Gasteiger partial charge on any atom is 0.177 e. The zero-order valence-electron chi connectivity index (χ0n) is 16.8. The normalized spacial score (nSPS) is 13.4. The fraction of sp³-hybridized carbons (Fsp3) is 0.364. The molecule has 0 aliphatic carbocycles. The average molecular weight is 426 g/mol. The highest BCUT2D eigenvalue weighted by Gasteiger charge is 2.18. The fourth-order valence-electron chi connectivity index (χ4n) is 3.62. The van der Waals surface area contributed by atoms with Crippen molar-refractivity contribution < 1.29 is 9.47 Å². The quantitative estimate of drug-likeness (QED) is 0.420. The minimum Gasteiger partial charge on any atom is -0.493 e. The minimum atomic E-state index is 0.146. The standard InChI is InChI=1S/C22H23N3O2S2/c1-13(2)27-11-20-23-21(10-16-12-28-22-18(16)8-14(3)29-22)25(24-20)17-4-5-19-15(9-17)6-7-26-19/h4-5,8-9,12-13H,6-7,10-11H2,1-3H3. The van der Waals surface area contributed by atoms with Gasteiger partial charge >= 0.3 is 0 Å². The average Bonchev–Trinajstić information content (AvgIpc) is 3.44. The number of fused-ring (bicyclic) bond motifs is 2. The van der Waals surface area contributed by atoms with Crippen LogP contribution in [0.1, 0.15) is 41.5 Å². The summed E-state index contributed by atoms with van der Waals surface area (Å²) in [4.78, 5) is 6.19. The molecule has 150 valence electrons. The third-order valence-corrected chi connectivity index (χ3v) is 7.23. The molecule has 0 spiro atoms. The first-order valence-electron chi connectivity index (χ1n) is 9.86. The molecule has 1 aliphatic heterocycles. The number of thiophene rings is 2. The van der Waals surface area contributed by atoms with Gasteiger partial charge in [-0.1, -0.05) is 0 Å². The highest BCUT2D eigenvalue weighted by Crippen LogP contribution is 2.35. The predicted molar refractivity (Wildman–Crippen MR) is 118 cm³/mol. The van der Waals surface area contributed by atoms with E-state index in [1.807, 2.05) is 47.3 Å². The zero-order chi connectivity index (χ0) is 20.0. The Hall–Kier alpha value is -2.22. The van der Waals surface area contributed by atoms with Crippen molar-refractivity contribution in [3.05, 3.63) is 57.3 Å². The maximum absolute atomic E-state index is 5.76. The van der Waals surface area contributed by atoms with E-state index in [-0.39, 0.29) is 6.10 Å². The van der Waals surface area contributed by atoms with Crippen LogP contribution in [0.4, 0.5) is 0 Å². The van der Waals surface area contributed by atoms with Crippen LogP contribution in [0.25, 0.3) is 15.1 Å². The van der Waals surface area contributed by atoms with Gasteiger partial charge in [0.05, 0.1) is 22.4 Å². The van der Waals surface area contributed by atoms with E-state index >= 15 is 0 Å². The summed E-state index contributed by atoms with van der Waals surface area (Å²) in [5, 5.41) is 8.38. The first-order valence-corrected chi connectivity index (χ1v) is 11.6. The lowest BCUT2D eigenvalue weighted by molar-refractivity contribution is 0.0613. The van der Waals surface area contributed by atoms with Crippen molar-refractivity contribution in [1.82, 2.24) is 14.8 Å². The lowest BCUT2D eigenvalue weighted by Gasteiger charge is -2.07. The van der Waals surface area contributed by atoms with Crippen molar-refractivity contribution in [2.75, 3.05) is 6.61 Å². The van der Waals surface area contributed by atoms with E-state index in [1.54, 1.807) is 0 Å². The van der Waals surface area contributed by atoms with Gasteiger partial charge < -0.3 is 9.47 Å². The molecule has 5 rings (SSSR count). The fourth-order valence-corrected chi connectivity index (χ4v) is 5.90. The molecule has 3 aromatic heterocycles. The molecule has 0 unspecified atom stereocenters. The van der Waals surface area contributed by atoms with Crippen LogP contribution in [0.2, 0.25) is 0 Å². The summed E-state index contributed by atoms with van der Waals surface area (Å²) in [6, 6.07) is 8.55. The van der Waals surface area contributed by atoms with Crippen LogP contribution in [0.3, 0.4) is 0 Å². The molecule has 4 aromatic rings. The Labute approximate surface area is 177 Å². The van der Waals surface area contributed by atoms with Gasteiger partial charge in [0.15, 0.2) is 5.82 Å². The van der Waals surface area contributed by atoms with Gasteiger partial charge in [0.25, 0.3) is 0 Å². The van der Waals surface area contributed by atoms with E-state index in [9.17, 15) is 0 Å². The molecule has 5 nitrogen and oxygen atoms in total. The lowest BCUT2D eigenvalue weighted by atomic mass is 10.1. The summed E-state index contributed by atoms with van der Waals surface area (Å²) < 4.78 is 14.8. The van der Waals surface area contributed by atoms with Crippen LogP contribution in [-0.4, -0.2) is 27.5 Å². The van der Waals surface area contributed by atoms with Crippen LogP contribution in [0, 0.1) is 6.92 Å². The Bertz CT molecular complexity index is 1170. The molecule has 0 saturated heterocycles. The van der Waals surface area contributed by atoms with Gasteiger partial charge in [0.1, 0.15) is 18.2 Å². The van der Waals surface area contributed by atoms with Gasteiger partial charge in [-0.25, -0.2) is 9.67 Å². The molecular weight excluding hydrogens is 402 g/mol. The molecular formula is C22H23N3O2S2. The molecule has 0 fully saturated rings. The SMILES string of the molecule is Cc1cc2c(Cc3nc(COC(C)C)nn3-c3ccc4c(c3)CCO4)csc2s1. The minimum absolute atomic E-state index is 0.146. The Morgan fingerprint density at radius 2 is 2.17 bits per heavy atom. The number of ether oxygens (including phenoxy) is 2. The van der Waals surface area contributed by atoms with Crippen LogP contribution in [0.5, 0.6) is 5.75 Å². The lowest BCUT2D eigenvalue weighted by Crippen LogP contribution is -2.05. The van der Waals surface area contributed by atoms with Crippen LogP contribution >= 0.6 is 22.7 Å². The summed E-state index contributed by atoms with van der Waals surface area (Å²) in [5.74, 6) is 2.64. The van der Waals surface area contributed by atoms with Crippen molar-refractivity contribution in [3.63, 3.8) is 0 Å². The maximum atomic E-state index is 5.76. The molecule has 0 radical (unpaired) electrons. The summed E-state index contributed by atoms with van der Waals surface area (Å²) in [6.07, 6.45) is 1.83. The van der Waals surface area contributed by atoms with Crippen molar-refractivity contribution in [3.8, 4) is 11.4 Å². The van der Waals surface area contributed by atoms with Gasteiger partial charge in [-0.2, -0.15) is 0 Å². The van der Waals surface area contributed by atoms with Crippen LogP contribution in [0.15, 0.2) is 29.6 Å². The largest absolute Gasteiger partial charge is 0.493 e. The number of nitrogens with zero attached hydrogens (tertiary/aromatic N) is 3. The highest BCUT2D eigenvalue weighted by atomic mass is 32.2. The molecule has 0 atom stereocenters. The second-order valence-corrected chi connectivity index (χ2v) is 10.00. The third kappa shape index (κ3) is 3.70. The zero-order valence-corrected chi connectivity index (χ0v) is 18.4. The smallest absolute Gasteiger partial charge is 0.177 e. The third-order valence-electron chi connectivity index (χ3n) is 5.01. The molecule has 0 bridgehead atoms. The summed E-state index contributed by atoms with van der Waals surface area (Å²) in [5.41, 5.74) is 3.57. The topological polar surface area (TPSA) is 49.2 Å². The van der Waals surface area contributed by atoms with Gasteiger partial charge in [0, 0.05) is 23.1 Å². The van der Waals surface area contributed by atoms with E-state index in [2.05, 4.69) is 30.5 Å². The molecule has 4 heterocycles. The van der Waals surface area contributed by atoms with Crippen LogP contribution in [-0.2, 0) is 24.2 Å². The number of aryl methyl sites for hydroxylation is 1. The van der Waals surface area contributed by atoms with Crippen molar-refractivity contribution in [1.29, 1.82) is 0 Å². The van der Waals surface area contributed by atoms with E-state index in [0.717, 1.165) is 42.5 Å². The molecule has 7 heteroatoms. The summed E-state index contributed by atoms with van der Waals surface area (Å²) >= 11 is 3.67. The van der Waals surface area contributed by atoms with Gasteiger partial charge in [-0.15, -0.1) is 27.8 Å². The van der Waals surface area contributed by atoms with Gasteiger partial charge in [0.2, 0.25) is 0 Å². The van der Waals surface area contributed by atoms with Crippen molar-refractivity contribution >= 4 is 32.1 Å². The van der Waals surface area contributed by atoms with Crippen molar-refractivity contribution in [2.45, 2.75) is 46.3 Å². The number of hydrogen-bond donors (Lipinski definition) is 0. The van der Waals surface area contributed by atoms with Gasteiger partial charge in [-0.3, -0.25) is 0 Å². The van der Waals surface area contributed by atoms with E-state index in [1.165, 1.54) is 25.4 Å². The molecule has 0 N–H and O–H groups in total. The first-order chi connectivity index (χ1) is 14.1. The first kappa shape index (κ1) is 18.8. The Morgan fingerprint density at radius 3 is 3.03 bits per heavy atom.